The number of hydrogen-bond acceptors (Lipinski definition) is 5. The Morgan fingerprint density at radius 3 is 2.05 bits per heavy atom. The zero-order valence-corrected chi connectivity index (χ0v) is 10.00. The molecule has 0 aliphatic carbocycles. The number of hydrogen-bond donors (Lipinski definition) is 4. The number of carboxylic acids is 1. The van der Waals surface area contributed by atoms with Gasteiger partial charge in [0, 0.05) is 5.69 Å². The first-order chi connectivity index (χ1) is 8.81. The highest BCUT2D eigenvalue weighted by atomic mass is 16.4. The van der Waals surface area contributed by atoms with Crippen molar-refractivity contribution in [3.05, 3.63) is 23.8 Å². The maximum absolute atomic E-state index is 11.1. The quantitative estimate of drug-likeness (QED) is 0.471. The van der Waals surface area contributed by atoms with E-state index in [0.717, 1.165) is 0 Å². The van der Waals surface area contributed by atoms with Crippen molar-refractivity contribution in [1.82, 2.24) is 0 Å². The van der Waals surface area contributed by atoms with Crippen LogP contribution < -0.4 is 22.1 Å². The lowest BCUT2D eigenvalue weighted by atomic mass is 10.1. The van der Waals surface area contributed by atoms with Crippen molar-refractivity contribution in [3.63, 3.8) is 0 Å². The number of primary amides is 2. The van der Waals surface area contributed by atoms with Crippen molar-refractivity contribution in [2.45, 2.75) is 0 Å². The lowest BCUT2D eigenvalue weighted by molar-refractivity contribution is -0.117. The van der Waals surface area contributed by atoms with E-state index in [0.29, 0.717) is 5.69 Å². The van der Waals surface area contributed by atoms with Crippen molar-refractivity contribution >= 4 is 29.2 Å². The predicted octanol–water partition coefficient (Wildman–Crippen LogP) is -1.26. The highest BCUT2D eigenvalue weighted by molar-refractivity contribution is 5.97. The van der Waals surface area contributed by atoms with Gasteiger partial charge in [0.05, 0.1) is 24.3 Å². The zero-order chi connectivity index (χ0) is 14.6. The number of anilines is 2. The predicted molar refractivity (Wildman–Crippen MR) is 68.4 cm³/mol. The second-order valence-corrected chi connectivity index (χ2v) is 3.87. The highest BCUT2D eigenvalue weighted by Crippen LogP contribution is 2.23. The van der Waals surface area contributed by atoms with Gasteiger partial charge in [-0.25, -0.2) is 4.79 Å². The van der Waals surface area contributed by atoms with E-state index < -0.39 is 17.8 Å². The summed E-state index contributed by atoms with van der Waals surface area (Å²) in [6.45, 7) is -0.681. The first kappa shape index (κ1) is 14.3. The molecule has 0 aliphatic rings. The highest BCUT2D eigenvalue weighted by Gasteiger charge is 2.19. The van der Waals surface area contributed by atoms with Crippen LogP contribution in [0.15, 0.2) is 18.2 Å². The third-order valence-corrected chi connectivity index (χ3v) is 2.29. The largest absolute Gasteiger partial charge is 0.478 e. The van der Waals surface area contributed by atoms with Crippen LogP contribution >= 0.6 is 0 Å². The van der Waals surface area contributed by atoms with Gasteiger partial charge in [-0.1, -0.05) is 0 Å². The summed E-state index contributed by atoms with van der Waals surface area (Å²) >= 11 is 0. The minimum absolute atomic E-state index is 0.100. The molecule has 1 aromatic rings. The molecule has 0 atom stereocenters. The summed E-state index contributed by atoms with van der Waals surface area (Å²) in [5.41, 5.74) is 16.0. The van der Waals surface area contributed by atoms with Crippen LogP contribution in [0.3, 0.4) is 0 Å². The molecular formula is C11H14N4O4. The van der Waals surface area contributed by atoms with Gasteiger partial charge < -0.3 is 27.2 Å². The third kappa shape index (κ3) is 3.87. The molecule has 0 aromatic heterocycles. The molecule has 0 heterocycles. The number of aromatic carboxylic acids is 1. The SMILES string of the molecule is NC(=O)CN(CC(N)=O)c1cc(N)ccc1C(=O)O. The second kappa shape index (κ2) is 5.71. The Morgan fingerprint density at radius 2 is 1.63 bits per heavy atom. The number of carboxylic acid groups (broad SMARTS) is 1. The van der Waals surface area contributed by atoms with Gasteiger partial charge in [-0.2, -0.15) is 0 Å². The van der Waals surface area contributed by atoms with Gasteiger partial charge in [-0.3, -0.25) is 9.59 Å². The number of benzene rings is 1. The maximum atomic E-state index is 11.1. The van der Waals surface area contributed by atoms with Gasteiger partial charge in [0.25, 0.3) is 0 Å². The zero-order valence-electron chi connectivity index (χ0n) is 10.00. The summed E-state index contributed by atoms with van der Waals surface area (Å²) in [5.74, 6) is -2.66. The van der Waals surface area contributed by atoms with Crippen LogP contribution in [0.1, 0.15) is 10.4 Å². The average molecular weight is 266 g/mol. The molecule has 102 valence electrons. The van der Waals surface area contributed by atoms with Gasteiger partial charge in [-0.05, 0) is 18.2 Å². The Bertz CT molecular complexity index is 513. The number of rotatable bonds is 6. The lowest BCUT2D eigenvalue weighted by Gasteiger charge is -2.23. The molecule has 0 saturated carbocycles. The van der Waals surface area contributed by atoms with Crippen molar-refractivity contribution < 1.29 is 19.5 Å². The van der Waals surface area contributed by atoms with Crippen LogP contribution in [0.5, 0.6) is 0 Å². The normalized spacial score (nSPS) is 9.89. The van der Waals surface area contributed by atoms with Crippen LogP contribution in [0.4, 0.5) is 11.4 Å². The topological polar surface area (TPSA) is 153 Å². The Balaban J connectivity index is 3.26. The summed E-state index contributed by atoms with van der Waals surface area (Å²) in [6, 6.07) is 4.02. The lowest BCUT2D eigenvalue weighted by Crippen LogP contribution is -2.40. The molecule has 0 bridgehead atoms. The first-order valence-electron chi connectivity index (χ1n) is 5.25. The molecule has 0 saturated heterocycles. The molecule has 8 heteroatoms. The fourth-order valence-corrected chi connectivity index (χ4v) is 1.59. The summed E-state index contributed by atoms with van der Waals surface area (Å²) in [6.07, 6.45) is 0. The molecule has 0 unspecified atom stereocenters. The Labute approximate surface area is 108 Å². The average Bonchev–Trinajstić information content (AvgIpc) is 2.26. The van der Waals surface area contributed by atoms with Gasteiger partial charge in [-0.15, -0.1) is 0 Å². The van der Waals surface area contributed by atoms with Crippen LogP contribution in [-0.2, 0) is 9.59 Å². The Kier molecular flexibility index (Phi) is 4.30. The van der Waals surface area contributed by atoms with E-state index in [9.17, 15) is 14.4 Å². The van der Waals surface area contributed by atoms with E-state index in [4.69, 9.17) is 22.3 Å². The second-order valence-electron chi connectivity index (χ2n) is 3.87. The van der Waals surface area contributed by atoms with Crippen molar-refractivity contribution in [2.24, 2.45) is 11.5 Å². The molecule has 7 N–H and O–H groups in total. The maximum Gasteiger partial charge on any atom is 0.337 e. The van der Waals surface area contributed by atoms with E-state index in [1.807, 2.05) is 0 Å². The smallest absolute Gasteiger partial charge is 0.337 e. The van der Waals surface area contributed by atoms with Crippen LogP contribution in [0.2, 0.25) is 0 Å². The van der Waals surface area contributed by atoms with Crippen LogP contribution in [-0.4, -0.2) is 36.0 Å². The van der Waals surface area contributed by atoms with Crippen molar-refractivity contribution in [1.29, 1.82) is 0 Å². The fraction of sp³-hybridized carbons (Fsp3) is 0.182. The van der Waals surface area contributed by atoms with Crippen LogP contribution in [0.25, 0.3) is 0 Å². The number of nitrogen functional groups attached to an aromatic ring is 1. The molecule has 2 amide bonds. The molecule has 0 fully saturated rings. The van der Waals surface area contributed by atoms with Crippen molar-refractivity contribution in [2.75, 3.05) is 23.7 Å². The minimum atomic E-state index is -1.21. The van der Waals surface area contributed by atoms with Gasteiger partial charge in [0.1, 0.15) is 0 Å². The molecule has 1 aromatic carbocycles. The van der Waals surface area contributed by atoms with Crippen LogP contribution in [0, 0.1) is 0 Å². The summed E-state index contributed by atoms with van der Waals surface area (Å²) in [7, 11) is 0. The third-order valence-electron chi connectivity index (χ3n) is 2.29. The molecular weight excluding hydrogens is 252 g/mol. The fourth-order valence-electron chi connectivity index (χ4n) is 1.59. The van der Waals surface area contributed by atoms with E-state index in [1.165, 1.54) is 23.1 Å². The first-order valence-corrected chi connectivity index (χ1v) is 5.25. The number of carbonyl (C=O) groups excluding carboxylic acids is 2. The number of nitrogens with zero attached hydrogens (tertiary/aromatic N) is 1. The number of nitrogens with two attached hydrogens (primary N) is 3. The molecule has 19 heavy (non-hydrogen) atoms. The molecule has 0 radical (unpaired) electrons. The standard InChI is InChI=1S/C11H14N4O4/c12-6-1-2-7(11(18)19)8(3-6)15(4-9(13)16)5-10(14)17/h1-3H,4-5,12H2,(H2,13,16)(H2,14,17)(H,18,19). The Morgan fingerprint density at radius 1 is 1.11 bits per heavy atom. The summed E-state index contributed by atoms with van der Waals surface area (Å²) < 4.78 is 0. The van der Waals surface area contributed by atoms with E-state index >= 15 is 0 Å². The number of carbonyl (C=O) groups is 3. The van der Waals surface area contributed by atoms with E-state index in [2.05, 4.69) is 0 Å². The summed E-state index contributed by atoms with van der Waals surface area (Å²) in [4.78, 5) is 34.2. The molecule has 0 spiro atoms. The van der Waals surface area contributed by atoms with E-state index in [-0.39, 0.29) is 24.3 Å². The van der Waals surface area contributed by atoms with Gasteiger partial charge in [0.15, 0.2) is 0 Å². The molecule has 8 nitrogen and oxygen atoms in total. The number of amides is 2. The summed E-state index contributed by atoms with van der Waals surface area (Å²) in [5, 5.41) is 9.07. The Hall–Kier alpha value is -2.77. The van der Waals surface area contributed by atoms with Crippen molar-refractivity contribution in [3.8, 4) is 0 Å². The minimum Gasteiger partial charge on any atom is -0.478 e. The monoisotopic (exact) mass is 266 g/mol. The van der Waals surface area contributed by atoms with Gasteiger partial charge >= 0.3 is 5.97 Å². The van der Waals surface area contributed by atoms with E-state index in [1.54, 1.807) is 0 Å². The molecule has 0 aliphatic heterocycles. The molecule has 1 rings (SSSR count). The van der Waals surface area contributed by atoms with Gasteiger partial charge in [0.2, 0.25) is 11.8 Å².